The van der Waals surface area contributed by atoms with E-state index in [2.05, 4.69) is 16.3 Å². The van der Waals surface area contributed by atoms with Gasteiger partial charge in [0.25, 0.3) is 0 Å². The summed E-state index contributed by atoms with van der Waals surface area (Å²) < 4.78 is 13.2. The van der Waals surface area contributed by atoms with Gasteiger partial charge in [-0.2, -0.15) is 4.39 Å². The molecule has 0 aliphatic rings. The zero-order valence-electron chi connectivity index (χ0n) is 5.45. The maximum absolute atomic E-state index is 12.6. The molecule has 1 aromatic rings. The lowest BCUT2D eigenvalue weighted by molar-refractivity contribution is -0.387. The summed E-state index contributed by atoms with van der Waals surface area (Å²) in [6.45, 7) is 0. The summed E-state index contributed by atoms with van der Waals surface area (Å²) in [4.78, 5) is 9.34. The van der Waals surface area contributed by atoms with Gasteiger partial charge in [0, 0.05) is 6.07 Å². The van der Waals surface area contributed by atoms with Crippen LogP contribution in [0.2, 0.25) is 0 Å². The number of rotatable bonds is 1. The zero-order valence-corrected chi connectivity index (χ0v) is 6.61. The van der Waals surface area contributed by atoms with E-state index in [1.807, 2.05) is 0 Å². The molecule has 0 aliphatic heterocycles. The minimum Gasteiger partial charge on any atom is -0.258 e. The second-order valence-electron chi connectivity index (χ2n) is 1.97. The van der Waals surface area contributed by atoms with Crippen molar-refractivity contribution in [3.05, 3.63) is 34.1 Å². The number of benzene rings is 1. The minimum absolute atomic E-state index is 0.490. The third-order valence-corrected chi connectivity index (χ3v) is 1.53. The van der Waals surface area contributed by atoms with Crippen molar-refractivity contribution in [1.29, 1.82) is 0 Å². The summed E-state index contributed by atoms with van der Waals surface area (Å²) in [5, 5.41) is 10.1. The summed E-state index contributed by atoms with van der Waals surface area (Å²) in [6, 6.07) is 3.70. The molecule has 0 saturated carbocycles. The third-order valence-electron chi connectivity index (χ3n) is 1.17. The minimum atomic E-state index is -0.803. The van der Waals surface area contributed by atoms with E-state index in [0.29, 0.717) is 4.43 Å². The van der Waals surface area contributed by atoms with Crippen LogP contribution in [-0.4, -0.2) is 21.2 Å². The van der Waals surface area contributed by atoms with Gasteiger partial charge in [0.2, 0.25) is 0 Å². The van der Waals surface area contributed by atoms with Crippen LogP contribution in [0.25, 0.3) is 0 Å². The molecular weight excluding hydrogens is 164 g/mol. The van der Waals surface area contributed by atoms with Gasteiger partial charge in [0.15, 0.2) is 22.1 Å². The third kappa shape index (κ3) is 1.76. The predicted octanol–water partition coefficient (Wildman–Crippen LogP) is 0.528. The fraction of sp³-hybridized carbons (Fsp3) is 0. The first-order chi connectivity index (χ1) is 5.11. The standard InChI is InChI=1S/C6H3FNO2.Al/c7-5-3-1-2-4-6(5)8(9)10;/h2-4H;. The summed E-state index contributed by atoms with van der Waals surface area (Å²) in [5.74, 6) is -0.803. The molecule has 0 saturated heterocycles. The Labute approximate surface area is 70.4 Å². The van der Waals surface area contributed by atoms with Crippen LogP contribution >= 0.6 is 0 Å². The Hall–Kier alpha value is -0.918. The molecular formula is C6H3AlFNO2. The van der Waals surface area contributed by atoms with Gasteiger partial charge in [-0.25, -0.2) is 0 Å². The van der Waals surface area contributed by atoms with Crippen LogP contribution in [0.5, 0.6) is 0 Å². The van der Waals surface area contributed by atoms with E-state index >= 15 is 0 Å². The molecule has 5 heteroatoms. The predicted molar refractivity (Wildman–Crippen MR) is 38.4 cm³/mol. The number of halogens is 1. The average Bonchev–Trinajstić information content (AvgIpc) is 1.85. The highest BCUT2D eigenvalue weighted by atomic mass is 27.0. The molecule has 0 heterocycles. The topological polar surface area (TPSA) is 43.1 Å². The van der Waals surface area contributed by atoms with E-state index in [4.69, 9.17) is 0 Å². The van der Waals surface area contributed by atoms with E-state index < -0.39 is 16.4 Å². The molecule has 3 nitrogen and oxygen atoms in total. The van der Waals surface area contributed by atoms with Gasteiger partial charge in [-0.3, -0.25) is 10.1 Å². The summed E-state index contributed by atoms with van der Waals surface area (Å²) >= 11 is 2.26. The Morgan fingerprint density at radius 3 is 2.64 bits per heavy atom. The summed E-state index contributed by atoms with van der Waals surface area (Å²) in [6.07, 6.45) is 0. The zero-order chi connectivity index (χ0) is 8.43. The van der Waals surface area contributed by atoms with Crippen LogP contribution in [0.1, 0.15) is 0 Å². The van der Waals surface area contributed by atoms with Gasteiger partial charge in [-0.05, 0) is 6.07 Å². The SMILES string of the molecule is O=[N+]([O-])c1cc[c]([Al])cc1F. The molecule has 54 valence electrons. The molecule has 0 atom stereocenters. The molecule has 0 amide bonds. The number of nitrogens with zero attached hydrogens (tertiary/aromatic N) is 1. The van der Waals surface area contributed by atoms with Crippen molar-refractivity contribution in [1.82, 2.24) is 0 Å². The molecule has 11 heavy (non-hydrogen) atoms. The quantitative estimate of drug-likeness (QED) is 0.348. The number of nitro benzene ring substituents is 1. The molecule has 0 fully saturated rings. The Morgan fingerprint density at radius 2 is 2.18 bits per heavy atom. The Bertz CT molecular complexity index is 303. The van der Waals surface area contributed by atoms with Crippen LogP contribution in [0.15, 0.2) is 18.2 Å². The molecule has 0 N–H and O–H groups in total. The van der Waals surface area contributed by atoms with Crippen molar-refractivity contribution in [3.8, 4) is 0 Å². The van der Waals surface area contributed by atoms with E-state index in [9.17, 15) is 14.5 Å². The van der Waals surface area contributed by atoms with E-state index in [-0.39, 0.29) is 0 Å². The first-order valence-corrected chi connectivity index (χ1v) is 3.38. The van der Waals surface area contributed by atoms with Crippen molar-refractivity contribution < 1.29 is 9.31 Å². The van der Waals surface area contributed by atoms with Crippen molar-refractivity contribution in [2.75, 3.05) is 0 Å². The Morgan fingerprint density at radius 1 is 1.55 bits per heavy atom. The maximum atomic E-state index is 12.6. The Kier molecular flexibility index (Phi) is 2.23. The highest BCUT2D eigenvalue weighted by Gasteiger charge is 2.11. The van der Waals surface area contributed by atoms with E-state index in [0.717, 1.165) is 12.1 Å². The van der Waals surface area contributed by atoms with Gasteiger partial charge in [-0.15, -0.1) is 4.43 Å². The highest BCUT2D eigenvalue weighted by Crippen LogP contribution is 2.13. The first-order valence-electron chi connectivity index (χ1n) is 2.80. The van der Waals surface area contributed by atoms with Crippen LogP contribution in [0, 0.1) is 15.9 Å². The van der Waals surface area contributed by atoms with Crippen LogP contribution in [-0.2, 0) is 0 Å². The van der Waals surface area contributed by atoms with E-state index in [1.54, 1.807) is 0 Å². The molecule has 0 aliphatic carbocycles. The lowest BCUT2D eigenvalue weighted by Gasteiger charge is -1.94. The number of hydrogen-bond donors (Lipinski definition) is 0. The highest BCUT2D eigenvalue weighted by molar-refractivity contribution is 6.32. The second-order valence-corrected chi connectivity index (χ2v) is 2.63. The van der Waals surface area contributed by atoms with Gasteiger partial charge in [0.1, 0.15) is 0 Å². The summed E-state index contributed by atoms with van der Waals surface area (Å²) in [7, 11) is 0. The molecule has 0 bridgehead atoms. The first kappa shape index (κ1) is 8.18. The Balaban J connectivity index is 3.20. The number of nitro groups is 1. The van der Waals surface area contributed by atoms with Gasteiger partial charge >= 0.3 is 5.69 Å². The van der Waals surface area contributed by atoms with Crippen LogP contribution < -0.4 is 4.43 Å². The van der Waals surface area contributed by atoms with Gasteiger partial charge < -0.3 is 0 Å². The molecule has 1 aromatic carbocycles. The van der Waals surface area contributed by atoms with Crippen molar-refractivity contribution >= 4 is 26.4 Å². The molecule has 2 radical (unpaired) electrons. The fourth-order valence-electron chi connectivity index (χ4n) is 0.671. The second kappa shape index (κ2) is 2.99. The normalized spacial score (nSPS) is 9.55. The number of hydrogen-bond acceptors (Lipinski definition) is 2. The van der Waals surface area contributed by atoms with Crippen molar-refractivity contribution in [3.63, 3.8) is 0 Å². The monoisotopic (exact) mass is 167 g/mol. The van der Waals surface area contributed by atoms with E-state index in [1.165, 1.54) is 6.07 Å². The van der Waals surface area contributed by atoms with Crippen LogP contribution in [0.4, 0.5) is 10.1 Å². The lowest BCUT2D eigenvalue weighted by atomic mass is 10.3. The largest absolute Gasteiger partial charge is 0.304 e. The molecule has 0 spiro atoms. The van der Waals surface area contributed by atoms with Crippen molar-refractivity contribution in [2.45, 2.75) is 0 Å². The average molecular weight is 167 g/mol. The molecule has 0 aromatic heterocycles. The van der Waals surface area contributed by atoms with Gasteiger partial charge in [-0.1, -0.05) is 6.07 Å². The molecule has 1 rings (SSSR count). The maximum Gasteiger partial charge on any atom is 0.304 e. The smallest absolute Gasteiger partial charge is 0.258 e. The van der Waals surface area contributed by atoms with Crippen molar-refractivity contribution in [2.24, 2.45) is 0 Å². The fourth-order valence-corrected chi connectivity index (χ4v) is 0.914. The summed E-state index contributed by atoms with van der Waals surface area (Å²) in [5.41, 5.74) is -0.490. The lowest BCUT2D eigenvalue weighted by Crippen LogP contribution is -2.04. The van der Waals surface area contributed by atoms with Crippen LogP contribution in [0.3, 0.4) is 0 Å². The molecule has 0 unspecified atom stereocenters. The van der Waals surface area contributed by atoms with Gasteiger partial charge in [0.05, 0.1) is 4.92 Å².